The third-order valence-corrected chi connectivity index (χ3v) is 10.8. The molecule has 0 radical (unpaired) electrons. The molecule has 5 N–H and O–H groups in total. The first kappa shape index (κ1) is 24.7. The number of halogens is 1. The highest BCUT2D eigenvalue weighted by Gasteiger charge is 2.79. The number of aromatic nitrogens is 1. The largest absolute Gasteiger partial charge is 0.389 e. The van der Waals surface area contributed by atoms with Crippen LogP contribution in [-0.4, -0.2) is 80.5 Å². The minimum atomic E-state index is -2.47. The number of ether oxygens (including phenoxy) is 1. The van der Waals surface area contributed by atoms with E-state index in [-0.39, 0.29) is 17.8 Å². The van der Waals surface area contributed by atoms with Crippen LogP contribution in [0.25, 0.3) is 16.3 Å². The summed E-state index contributed by atoms with van der Waals surface area (Å²) in [5.41, 5.74) is 3.91. The number of hydrogen-bond acceptors (Lipinski definition) is 7. The number of allylic oxidation sites excluding steroid dienone is 3. The fourth-order valence-electron chi connectivity index (χ4n) is 8.86. The Morgan fingerprint density at radius 1 is 1.11 bits per heavy atom. The number of aliphatic hydroxyl groups is 3. The molecule has 1 aromatic heterocycles. The molecule has 3 fully saturated rings. The molecule has 7 rings (SSSR count). The molecule has 3 aliphatic carbocycles. The lowest BCUT2D eigenvalue weighted by atomic mass is 9.55. The van der Waals surface area contributed by atoms with E-state index in [1.54, 1.807) is 6.20 Å². The first-order chi connectivity index (χ1) is 18.0. The van der Waals surface area contributed by atoms with Crippen molar-refractivity contribution in [2.24, 2.45) is 11.3 Å². The molecule has 8 heteroatoms. The molecule has 202 valence electrons. The van der Waals surface area contributed by atoms with Gasteiger partial charge in [0.2, 0.25) is 0 Å². The van der Waals surface area contributed by atoms with Crippen LogP contribution in [0.15, 0.2) is 48.2 Å². The topological polar surface area (TPSA) is 112 Å². The van der Waals surface area contributed by atoms with E-state index in [0.717, 1.165) is 22.8 Å². The average molecular weight is 522 g/mol. The molecule has 9 unspecified atom stereocenters. The summed E-state index contributed by atoms with van der Waals surface area (Å²) in [6, 6.07) is 7.75. The highest BCUT2D eigenvalue weighted by molar-refractivity contribution is 5.88. The first-order valence-electron chi connectivity index (χ1n) is 13.6. The van der Waals surface area contributed by atoms with Crippen LogP contribution in [0.3, 0.4) is 0 Å². The first-order valence-corrected chi connectivity index (χ1v) is 13.6. The van der Waals surface area contributed by atoms with Gasteiger partial charge in [-0.1, -0.05) is 31.2 Å². The minimum Gasteiger partial charge on any atom is -0.389 e. The molecule has 1 saturated carbocycles. The van der Waals surface area contributed by atoms with Crippen molar-refractivity contribution >= 4 is 22.2 Å². The second kappa shape index (κ2) is 7.64. The Hall–Kier alpha value is -2.36. The number of benzene rings is 1. The highest BCUT2D eigenvalue weighted by atomic mass is 19.1. The second-order valence-electron chi connectivity index (χ2n) is 12.7. The lowest BCUT2D eigenvalue weighted by Gasteiger charge is -2.62. The number of anilines is 1. The smallest absolute Gasteiger partial charge is 0.197 e. The number of rotatable bonds is 2. The number of nitrogens with zero attached hydrogens (tertiary/aromatic N) is 2. The van der Waals surface area contributed by atoms with Gasteiger partial charge in [0.25, 0.3) is 0 Å². The summed E-state index contributed by atoms with van der Waals surface area (Å²) in [5.74, 6) is 0.498. The molecule has 38 heavy (non-hydrogen) atoms. The SMILES string of the molecule is CN(C)C1CC23CCC4(O2)C(=CCC2(C)C(c5ccc6cnc(N)cc6c5)=CCC24)C(O)C3(F)C(O)C1O. The molecule has 9 atom stereocenters. The number of aliphatic hydroxyl groups excluding tert-OH is 3. The minimum absolute atomic E-state index is 0.0172. The summed E-state index contributed by atoms with van der Waals surface area (Å²) in [7, 11) is 3.63. The van der Waals surface area contributed by atoms with Gasteiger partial charge in [-0.15, -0.1) is 0 Å². The third-order valence-electron chi connectivity index (χ3n) is 10.8. The zero-order chi connectivity index (χ0) is 26.8. The molecule has 2 aliphatic heterocycles. The van der Waals surface area contributed by atoms with Crippen molar-refractivity contribution in [1.29, 1.82) is 0 Å². The van der Waals surface area contributed by atoms with Gasteiger partial charge >= 0.3 is 0 Å². The molecule has 2 spiro atoms. The molecular formula is C30H36FN3O4. The van der Waals surface area contributed by atoms with Gasteiger partial charge in [-0.3, -0.25) is 0 Å². The molecule has 1 aromatic carbocycles. The number of pyridine rings is 1. The van der Waals surface area contributed by atoms with Crippen molar-refractivity contribution in [3.63, 3.8) is 0 Å². The summed E-state index contributed by atoms with van der Waals surface area (Å²) in [4.78, 5) is 6.02. The van der Waals surface area contributed by atoms with Crippen molar-refractivity contribution in [2.75, 3.05) is 19.8 Å². The van der Waals surface area contributed by atoms with E-state index in [1.807, 2.05) is 31.1 Å². The van der Waals surface area contributed by atoms with Crippen LogP contribution in [0, 0.1) is 11.3 Å². The van der Waals surface area contributed by atoms with E-state index in [2.05, 4.69) is 36.2 Å². The standard InChI is InChI=1S/C30H36FN3O4/c1-27-9-8-20-25(36)30(31)26(37)24(35)21(34(2)3)14-28(30)10-11-29(20,38-28)22(27)7-6-19(27)16-4-5-17-15-33-23(32)13-18(17)12-16/h4-6,8,12-13,15,21-22,24-26,35-37H,7,9-11,14H2,1-3H3,(H2,32,33). The van der Waals surface area contributed by atoms with Crippen LogP contribution >= 0.6 is 0 Å². The Balaban J connectivity index is 1.31. The molecule has 0 amide bonds. The number of likely N-dealkylation sites (N-methyl/N-ethyl adjacent to an activating group) is 1. The normalized spacial score (nSPS) is 45.4. The Labute approximate surface area is 221 Å². The van der Waals surface area contributed by atoms with Crippen LogP contribution in [0.4, 0.5) is 10.2 Å². The van der Waals surface area contributed by atoms with Crippen LogP contribution in [0.1, 0.15) is 44.6 Å². The maximum absolute atomic E-state index is 17.0. The van der Waals surface area contributed by atoms with E-state index in [4.69, 9.17) is 10.5 Å². The van der Waals surface area contributed by atoms with Crippen LogP contribution in [-0.2, 0) is 4.74 Å². The molecule has 5 aliphatic rings. The Kier molecular flexibility index (Phi) is 4.96. The zero-order valence-electron chi connectivity index (χ0n) is 22.1. The van der Waals surface area contributed by atoms with Gasteiger partial charge in [0.05, 0.1) is 11.7 Å². The van der Waals surface area contributed by atoms with E-state index >= 15 is 4.39 Å². The quantitative estimate of drug-likeness (QED) is 0.450. The number of alkyl halides is 1. The number of nitrogen functional groups attached to an aromatic ring is 1. The van der Waals surface area contributed by atoms with E-state index in [9.17, 15) is 15.3 Å². The molecule has 3 heterocycles. The van der Waals surface area contributed by atoms with Crippen molar-refractivity contribution in [2.45, 2.75) is 80.3 Å². The predicted octanol–water partition coefficient (Wildman–Crippen LogP) is 2.98. The molecular weight excluding hydrogens is 485 g/mol. The molecule has 2 bridgehead atoms. The molecule has 2 aromatic rings. The Bertz CT molecular complexity index is 1410. The van der Waals surface area contributed by atoms with Crippen molar-refractivity contribution in [3.05, 3.63) is 53.8 Å². The number of hydrogen-bond donors (Lipinski definition) is 4. The molecule has 2 saturated heterocycles. The van der Waals surface area contributed by atoms with Gasteiger partial charge < -0.3 is 30.7 Å². The summed E-state index contributed by atoms with van der Waals surface area (Å²) in [6.07, 6.45) is 3.97. The summed E-state index contributed by atoms with van der Waals surface area (Å²) >= 11 is 0. The monoisotopic (exact) mass is 521 g/mol. The lowest BCUT2D eigenvalue weighted by Crippen LogP contribution is -2.78. The van der Waals surface area contributed by atoms with Crippen molar-refractivity contribution < 1.29 is 24.4 Å². The van der Waals surface area contributed by atoms with Gasteiger partial charge in [0.15, 0.2) is 5.67 Å². The summed E-state index contributed by atoms with van der Waals surface area (Å²) in [6.45, 7) is 2.25. The fourth-order valence-corrected chi connectivity index (χ4v) is 8.86. The van der Waals surface area contributed by atoms with Crippen LogP contribution < -0.4 is 5.73 Å². The average Bonchev–Trinajstić information content (AvgIpc) is 3.42. The van der Waals surface area contributed by atoms with Gasteiger partial charge in [-0.25, -0.2) is 9.37 Å². The highest BCUT2D eigenvalue weighted by Crippen LogP contribution is 2.70. The molecule has 7 nitrogen and oxygen atoms in total. The van der Waals surface area contributed by atoms with E-state index < -0.39 is 41.2 Å². The van der Waals surface area contributed by atoms with Gasteiger partial charge in [-0.05, 0) is 80.4 Å². The summed E-state index contributed by atoms with van der Waals surface area (Å²) in [5, 5.41) is 35.7. The van der Waals surface area contributed by atoms with Gasteiger partial charge in [-0.2, -0.15) is 0 Å². The van der Waals surface area contributed by atoms with Crippen molar-refractivity contribution in [1.82, 2.24) is 9.88 Å². The number of nitrogens with two attached hydrogens (primary N) is 1. The van der Waals surface area contributed by atoms with Crippen LogP contribution in [0.2, 0.25) is 0 Å². The van der Waals surface area contributed by atoms with E-state index in [0.29, 0.717) is 30.7 Å². The van der Waals surface area contributed by atoms with E-state index in [1.165, 1.54) is 5.57 Å². The third kappa shape index (κ3) is 2.78. The Morgan fingerprint density at radius 3 is 2.66 bits per heavy atom. The number of fused-ring (bicyclic) bond motifs is 2. The maximum Gasteiger partial charge on any atom is 0.197 e. The maximum atomic E-state index is 17.0. The lowest BCUT2D eigenvalue weighted by molar-refractivity contribution is -0.308. The fraction of sp³-hybridized carbons (Fsp3) is 0.567. The zero-order valence-corrected chi connectivity index (χ0v) is 22.1. The van der Waals surface area contributed by atoms with Crippen LogP contribution in [0.5, 0.6) is 0 Å². The predicted molar refractivity (Wildman–Crippen MR) is 143 cm³/mol. The Morgan fingerprint density at radius 2 is 1.89 bits per heavy atom. The summed E-state index contributed by atoms with van der Waals surface area (Å²) < 4.78 is 24.0. The second-order valence-corrected chi connectivity index (χ2v) is 12.7. The van der Waals surface area contributed by atoms with Gasteiger partial charge in [0.1, 0.15) is 23.6 Å². The van der Waals surface area contributed by atoms with Crippen molar-refractivity contribution in [3.8, 4) is 0 Å². The van der Waals surface area contributed by atoms with Gasteiger partial charge in [0, 0.05) is 29.0 Å².